The molecule has 1 aliphatic carbocycles. The number of aliphatic hydroxyl groups is 1. The minimum atomic E-state index is -0.259. The third kappa shape index (κ3) is 3.19. The zero-order chi connectivity index (χ0) is 14.8. The van der Waals surface area contributed by atoms with Crippen LogP contribution in [0.5, 0.6) is 0 Å². The highest BCUT2D eigenvalue weighted by Crippen LogP contribution is 2.27. The van der Waals surface area contributed by atoms with Gasteiger partial charge in [-0.2, -0.15) is 0 Å². The van der Waals surface area contributed by atoms with Crippen LogP contribution in [0, 0.1) is 5.92 Å². The molecule has 0 bridgehead atoms. The first-order valence-corrected chi connectivity index (χ1v) is 7.77. The minimum absolute atomic E-state index is 0.142. The summed E-state index contributed by atoms with van der Waals surface area (Å²) in [7, 11) is 0. The summed E-state index contributed by atoms with van der Waals surface area (Å²) in [6, 6.07) is 6.04. The minimum Gasteiger partial charge on any atom is -0.392 e. The van der Waals surface area contributed by atoms with E-state index >= 15 is 0 Å². The number of hydrogen-bond donors (Lipinski definition) is 4. The first-order chi connectivity index (χ1) is 10.1. The molecule has 5 heteroatoms. The summed E-state index contributed by atoms with van der Waals surface area (Å²) < 4.78 is 0. The van der Waals surface area contributed by atoms with Gasteiger partial charge in [0.25, 0.3) is 0 Å². The van der Waals surface area contributed by atoms with E-state index in [1.165, 1.54) is 12.8 Å². The molecule has 1 heterocycles. The van der Waals surface area contributed by atoms with Crippen molar-refractivity contribution in [2.75, 3.05) is 6.54 Å². The van der Waals surface area contributed by atoms with Crippen LogP contribution in [0.4, 0.5) is 0 Å². The van der Waals surface area contributed by atoms with Crippen molar-refractivity contribution in [2.45, 2.75) is 44.8 Å². The number of fused-ring (bicyclic) bond motifs is 1. The second kappa shape index (κ2) is 6.03. The van der Waals surface area contributed by atoms with Crippen molar-refractivity contribution >= 4 is 11.0 Å². The highest BCUT2D eigenvalue weighted by atomic mass is 16.3. The number of hydrogen-bond acceptors (Lipinski definition) is 3. The van der Waals surface area contributed by atoms with Gasteiger partial charge in [0.1, 0.15) is 0 Å². The van der Waals surface area contributed by atoms with E-state index in [-0.39, 0.29) is 17.8 Å². The standard InChI is InChI=1S/C16H23N3O2/c1-10(17-9-15(20)11-4-2-3-5-11)12-6-7-13-14(8-12)19-16(21)18-13/h6-8,10-11,15,17,20H,2-5,9H2,1H3,(H2,18,19,21). The maximum atomic E-state index is 11.3. The molecule has 1 fully saturated rings. The molecule has 114 valence electrons. The van der Waals surface area contributed by atoms with E-state index < -0.39 is 0 Å². The van der Waals surface area contributed by atoms with E-state index in [1.807, 2.05) is 18.2 Å². The molecule has 1 aromatic carbocycles. The van der Waals surface area contributed by atoms with Gasteiger partial charge in [-0.15, -0.1) is 0 Å². The summed E-state index contributed by atoms with van der Waals surface area (Å²) in [6.45, 7) is 2.70. The Morgan fingerprint density at radius 2 is 2.00 bits per heavy atom. The Balaban J connectivity index is 1.63. The van der Waals surface area contributed by atoms with E-state index in [4.69, 9.17) is 0 Å². The summed E-state index contributed by atoms with van der Waals surface area (Å²) in [6.07, 6.45) is 4.52. The molecular weight excluding hydrogens is 266 g/mol. The largest absolute Gasteiger partial charge is 0.392 e. The highest BCUT2D eigenvalue weighted by molar-refractivity contribution is 5.75. The molecule has 0 aliphatic heterocycles. The SMILES string of the molecule is CC(NCC(O)C1CCCC1)c1ccc2[nH]c(=O)[nH]c2c1. The van der Waals surface area contributed by atoms with Crippen LogP contribution in [0.1, 0.15) is 44.2 Å². The van der Waals surface area contributed by atoms with Gasteiger partial charge in [0.15, 0.2) is 0 Å². The van der Waals surface area contributed by atoms with Crippen molar-refractivity contribution in [2.24, 2.45) is 5.92 Å². The molecule has 2 unspecified atom stereocenters. The zero-order valence-electron chi connectivity index (χ0n) is 12.4. The maximum absolute atomic E-state index is 11.3. The van der Waals surface area contributed by atoms with Crippen LogP contribution >= 0.6 is 0 Å². The van der Waals surface area contributed by atoms with Gasteiger partial charge in [0.2, 0.25) is 0 Å². The quantitative estimate of drug-likeness (QED) is 0.680. The first-order valence-electron chi connectivity index (χ1n) is 7.77. The molecule has 1 saturated carbocycles. The number of rotatable bonds is 5. The van der Waals surface area contributed by atoms with Crippen molar-refractivity contribution in [1.82, 2.24) is 15.3 Å². The second-order valence-electron chi connectivity index (χ2n) is 6.13. The summed E-state index contributed by atoms with van der Waals surface area (Å²) in [5.74, 6) is 0.452. The van der Waals surface area contributed by atoms with Gasteiger partial charge in [-0.3, -0.25) is 0 Å². The molecule has 3 rings (SSSR count). The Bertz CT molecular complexity index is 655. The van der Waals surface area contributed by atoms with Crippen molar-refractivity contribution in [3.8, 4) is 0 Å². The molecule has 0 radical (unpaired) electrons. The molecule has 2 atom stereocenters. The lowest BCUT2D eigenvalue weighted by Gasteiger charge is -2.21. The Hall–Kier alpha value is -1.59. The Morgan fingerprint density at radius 1 is 1.29 bits per heavy atom. The number of benzene rings is 1. The van der Waals surface area contributed by atoms with Crippen LogP contribution in [-0.4, -0.2) is 27.7 Å². The Labute approximate surface area is 123 Å². The van der Waals surface area contributed by atoms with E-state index in [1.54, 1.807) is 0 Å². The lowest BCUT2D eigenvalue weighted by Crippen LogP contribution is -2.33. The van der Waals surface area contributed by atoms with Crippen LogP contribution in [0.2, 0.25) is 0 Å². The summed E-state index contributed by atoms with van der Waals surface area (Å²) >= 11 is 0. The van der Waals surface area contributed by atoms with Gasteiger partial charge in [0, 0.05) is 12.6 Å². The van der Waals surface area contributed by atoms with E-state index in [9.17, 15) is 9.90 Å². The normalized spacial score (nSPS) is 19.1. The fourth-order valence-electron chi connectivity index (χ4n) is 3.24. The number of H-pyrrole nitrogens is 2. The first kappa shape index (κ1) is 14.4. The summed E-state index contributed by atoms with van der Waals surface area (Å²) in [5, 5.41) is 13.6. The average molecular weight is 289 g/mol. The third-order valence-corrected chi connectivity index (χ3v) is 4.62. The van der Waals surface area contributed by atoms with Crippen LogP contribution < -0.4 is 11.0 Å². The Morgan fingerprint density at radius 3 is 2.76 bits per heavy atom. The zero-order valence-corrected chi connectivity index (χ0v) is 12.4. The second-order valence-corrected chi connectivity index (χ2v) is 6.13. The van der Waals surface area contributed by atoms with Gasteiger partial charge >= 0.3 is 5.69 Å². The Kier molecular flexibility index (Phi) is 4.12. The van der Waals surface area contributed by atoms with Crippen molar-refractivity contribution in [3.63, 3.8) is 0 Å². The number of aliphatic hydroxyl groups excluding tert-OH is 1. The summed E-state index contributed by atoms with van der Waals surface area (Å²) in [5.41, 5.74) is 2.57. The van der Waals surface area contributed by atoms with E-state index in [0.29, 0.717) is 12.5 Å². The molecule has 21 heavy (non-hydrogen) atoms. The molecule has 0 spiro atoms. The van der Waals surface area contributed by atoms with Gasteiger partial charge in [0.05, 0.1) is 17.1 Å². The fourth-order valence-corrected chi connectivity index (χ4v) is 3.24. The average Bonchev–Trinajstić information content (AvgIpc) is 3.11. The predicted octanol–water partition coefficient (Wildman–Crippen LogP) is 2.06. The molecule has 0 amide bonds. The molecule has 1 aliphatic rings. The van der Waals surface area contributed by atoms with Gasteiger partial charge in [-0.25, -0.2) is 4.79 Å². The molecule has 4 N–H and O–H groups in total. The van der Waals surface area contributed by atoms with Gasteiger partial charge < -0.3 is 20.4 Å². The van der Waals surface area contributed by atoms with Gasteiger partial charge in [-0.1, -0.05) is 18.9 Å². The van der Waals surface area contributed by atoms with Crippen LogP contribution in [-0.2, 0) is 0 Å². The van der Waals surface area contributed by atoms with Crippen LogP contribution in [0.25, 0.3) is 11.0 Å². The predicted molar refractivity (Wildman–Crippen MR) is 83.3 cm³/mol. The lowest BCUT2D eigenvalue weighted by molar-refractivity contribution is 0.106. The van der Waals surface area contributed by atoms with Crippen molar-refractivity contribution in [3.05, 3.63) is 34.2 Å². The van der Waals surface area contributed by atoms with E-state index in [0.717, 1.165) is 29.4 Å². The topological polar surface area (TPSA) is 80.9 Å². The number of aromatic amines is 2. The molecule has 5 nitrogen and oxygen atoms in total. The highest BCUT2D eigenvalue weighted by Gasteiger charge is 2.23. The van der Waals surface area contributed by atoms with Crippen LogP contribution in [0.15, 0.2) is 23.0 Å². The van der Waals surface area contributed by atoms with Crippen molar-refractivity contribution in [1.29, 1.82) is 0 Å². The molecular formula is C16H23N3O2. The van der Waals surface area contributed by atoms with Crippen LogP contribution in [0.3, 0.4) is 0 Å². The number of aromatic nitrogens is 2. The van der Waals surface area contributed by atoms with Crippen molar-refractivity contribution < 1.29 is 5.11 Å². The molecule has 0 saturated heterocycles. The number of nitrogens with one attached hydrogen (secondary N) is 3. The monoisotopic (exact) mass is 289 g/mol. The number of imidazole rings is 1. The fraction of sp³-hybridized carbons (Fsp3) is 0.562. The maximum Gasteiger partial charge on any atom is 0.323 e. The van der Waals surface area contributed by atoms with E-state index in [2.05, 4.69) is 22.2 Å². The smallest absolute Gasteiger partial charge is 0.323 e. The lowest BCUT2D eigenvalue weighted by atomic mass is 10.00. The third-order valence-electron chi connectivity index (χ3n) is 4.62. The molecule has 1 aromatic heterocycles. The molecule has 2 aromatic rings. The van der Waals surface area contributed by atoms with Gasteiger partial charge in [-0.05, 0) is 43.4 Å². The summed E-state index contributed by atoms with van der Waals surface area (Å²) in [4.78, 5) is 16.8.